The first-order valence-electron chi connectivity index (χ1n) is 7.51. The third-order valence-corrected chi connectivity index (χ3v) is 3.71. The van der Waals surface area contributed by atoms with Crippen molar-refractivity contribution in [2.45, 2.75) is 0 Å². The van der Waals surface area contributed by atoms with Crippen LogP contribution in [0.25, 0.3) is 0 Å². The molecular weight excluding hydrogens is 360 g/mol. The van der Waals surface area contributed by atoms with Crippen LogP contribution < -0.4 is 24.4 Å². The third kappa shape index (κ3) is 4.37. The first-order chi connectivity index (χ1) is 12.5. The van der Waals surface area contributed by atoms with E-state index >= 15 is 0 Å². The van der Waals surface area contributed by atoms with Gasteiger partial charge in [0, 0.05) is 10.6 Å². The van der Waals surface area contributed by atoms with E-state index in [1.807, 2.05) is 0 Å². The molecular formula is C18H19ClN2O5. The Morgan fingerprint density at radius 3 is 2.12 bits per heavy atom. The fraction of sp³-hybridized carbons (Fsp3) is 0.222. The standard InChI is InChI=1S/C18H19ClN2O5/c1-23-14-6-5-12(19)9-13(14)18(22)21-20-10-11-7-15(24-2)17(26-4)16(8-11)25-3/h5-10H,1-4H3,(H,21,22)/b20-10+. The van der Waals surface area contributed by atoms with Crippen molar-refractivity contribution in [1.82, 2.24) is 5.43 Å². The zero-order chi connectivity index (χ0) is 19.1. The van der Waals surface area contributed by atoms with Crippen LogP contribution in [-0.2, 0) is 0 Å². The van der Waals surface area contributed by atoms with Gasteiger partial charge in [0.2, 0.25) is 5.75 Å². The van der Waals surface area contributed by atoms with E-state index in [0.29, 0.717) is 33.6 Å². The second-order valence-corrected chi connectivity index (χ2v) is 5.44. The van der Waals surface area contributed by atoms with E-state index in [1.54, 1.807) is 24.3 Å². The number of rotatable bonds is 7. The lowest BCUT2D eigenvalue weighted by atomic mass is 10.2. The third-order valence-electron chi connectivity index (χ3n) is 3.47. The van der Waals surface area contributed by atoms with E-state index in [9.17, 15) is 4.79 Å². The molecule has 1 N–H and O–H groups in total. The Labute approximate surface area is 156 Å². The molecule has 0 radical (unpaired) electrons. The van der Waals surface area contributed by atoms with Gasteiger partial charge in [-0.15, -0.1) is 0 Å². The number of hydrogen-bond acceptors (Lipinski definition) is 6. The van der Waals surface area contributed by atoms with Crippen LogP contribution in [-0.4, -0.2) is 40.6 Å². The lowest BCUT2D eigenvalue weighted by molar-refractivity contribution is 0.0952. The SMILES string of the molecule is COc1ccc(Cl)cc1C(=O)N/N=C/c1cc(OC)c(OC)c(OC)c1. The highest BCUT2D eigenvalue weighted by Crippen LogP contribution is 2.37. The van der Waals surface area contributed by atoms with Gasteiger partial charge in [0.1, 0.15) is 5.75 Å². The molecule has 0 spiro atoms. The number of amides is 1. The van der Waals surface area contributed by atoms with Crippen molar-refractivity contribution >= 4 is 23.7 Å². The molecule has 0 heterocycles. The van der Waals surface area contributed by atoms with Crippen LogP contribution in [0.15, 0.2) is 35.4 Å². The highest BCUT2D eigenvalue weighted by atomic mass is 35.5. The minimum atomic E-state index is -0.451. The van der Waals surface area contributed by atoms with Crippen LogP contribution in [0.1, 0.15) is 15.9 Å². The quantitative estimate of drug-likeness (QED) is 0.591. The number of nitrogens with zero attached hydrogens (tertiary/aromatic N) is 1. The van der Waals surface area contributed by atoms with Crippen molar-refractivity contribution in [2.75, 3.05) is 28.4 Å². The number of halogens is 1. The van der Waals surface area contributed by atoms with E-state index < -0.39 is 5.91 Å². The van der Waals surface area contributed by atoms with E-state index in [4.69, 9.17) is 30.5 Å². The summed E-state index contributed by atoms with van der Waals surface area (Å²) in [5.41, 5.74) is 3.36. The van der Waals surface area contributed by atoms with E-state index in [2.05, 4.69) is 10.5 Å². The maximum Gasteiger partial charge on any atom is 0.275 e. The molecule has 0 aliphatic carbocycles. The number of benzene rings is 2. The average molecular weight is 379 g/mol. The molecule has 0 fully saturated rings. The number of hydrazone groups is 1. The molecule has 7 nitrogen and oxygen atoms in total. The Morgan fingerprint density at radius 1 is 0.962 bits per heavy atom. The molecule has 2 rings (SSSR count). The van der Waals surface area contributed by atoms with Crippen LogP contribution in [0.4, 0.5) is 0 Å². The Morgan fingerprint density at radius 2 is 1.58 bits per heavy atom. The smallest absolute Gasteiger partial charge is 0.275 e. The lowest BCUT2D eigenvalue weighted by Gasteiger charge is -2.12. The van der Waals surface area contributed by atoms with Gasteiger partial charge in [-0.2, -0.15) is 5.10 Å². The molecule has 8 heteroatoms. The highest BCUT2D eigenvalue weighted by molar-refractivity contribution is 6.31. The zero-order valence-electron chi connectivity index (χ0n) is 14.8. The second-order valence-electron chi connectivity index (χ2n) is 5.00. The predicted molar refractivity (Wildman–Crippen MR) is 99.2 cm³/mol. The molecule has 0 unspecified atom stereocenters. The molecule has 0 saturated carbocycles. The summed E-state index contributed by atoms with van der Waals surface area (Å²) < 4.78 is 21.0. The van der Waals surface area contributed by atoms with Crippen LogP contribution in [0.2, 0.25) is 5.02 Å². The molecule has 0 aliphatic heterocycles. The van der Waals surface area contributed by atoms with Gasteiger partial charge in [0.25, 0.3) is 5.91 Å². The van der Waals surface area contributed by atoms with Crippen molar-refractivity contribution in [3.8, 4) is 23.0 Å². The van der Waals surface area contributed by atoms with E-state index in [1.165, 1.54) is 40.7 Å². The van der Waals surface area contributed by atoms with Crippen LogP contribution in [0.3, 0.4) is 0 Å². The molecule has 138 valence electrons. The number of carbonyl (C=O) groups is 1. The summed E-state index contributed by atoms with van der Waals surface area (Å²) in [4.78, 5) is 12.3. The Balaban J connectivity index is 2.20. The average Bonchev–Trinajstić information content (AvgIpc) is 2.66. The summed E-state index contributed by atoms with van der Waals surface area (Å²) in [7, 11) is 6.03. The molecule has 2 aromatic rings. The van der Waals surface area contributed by atoms with E-state index in [0.717, 1.165) is 0 Å². The number of methoxy groups -OCH3 is 4. The van der Waals surface area contributed by atoms with Gasteiger partial charge >= 0.3 is 0 Å². The lowest BCUT2D eigenvalue weighted by Crippen LogP contribution is -2.18. The minimum absolute atomic E-state index is 0.280. The summed E-state index contributed by atoms with van der Waals surface area (Å²) in [5, 5.41) is 4.38. The fourth-order valence-electron chi connectivity index (χ4n) is 2.26. The monoisotopic (exact) mass is 378 g/mol. The number of carbonyl (C=O) groups excluding carboxylic acids is 1. The first kappa shape index (κ1) is 19.4. The van der Waals surface area contributed by atoms with Gasteiger partial charge in [-0.3, -0.25) is 4.79 Å². The molecule has 0 atom stereocenters. The molecule has 26 heavy (non-hydrogen) atoms. The van der Waals surface area contributed by atoms with Crippen molar-refractivity contribution in [1.29, 1.82) is 0 Å². The summed E-state index contributed by atoms with van der Waals surface area (Å²) in [6, 6.07) is 8.16. The van der Waals surface area contributed by atoms with Gasteiger partial charge in [-0.05, 0) is 30.3 Å². The number of ether oxygens (including phenoxy) is 4. The Bertz CT molecular complexity index is 798. The largest absolute Gasteiger partial charge is 0.496 e. The van der Waals surface area contributed by atoms with Gasteiger partial charge in [0.15, 0.2) is 11.5 Å². The van der Waals surface area contributed by atoms with Crippen molar-refractivity contribution in [3.63, 3.8) is 0 Å². The zero-order valence-corrected chi connectivity index (χ0v) is 15.6. The molecule has 1 amide bonds. The maximum atomic E-state index is 12.3. The molecule has 0 bridgehead atoms. The number of hydrogen-bond donors (Lipinski definition) is 1. The molecule has 0 saturated heterocycles. The van der Waals surface area contributed by atoms with Crippen LogP contribution in [0.5, 0.6) is 23.0 Å². The molecule has 0 aromatic heterocycles. The normalized spacial score (nSPS) is 10.5. The molecule has 0 aliphatic rings. The number of nitrogens with one attached hydrogen (secondary N) is 1. The van der Waals surface area contributed by atoms with Crippen molar-refractivity contribution in [3.05, 3.63) is 46.5 Å². The summed E-state index contributed by atoms with van der Waals surface area (Å²) >= 11 is 5.93. The highest BCUT2D eigenvalue weighted by Gasteiger charge is 2.14. The second kappa shape index (κ2) is 8.96. The van der Waals surface area contributed by atoms with Gasteiger partial charge in [-0.1, -0.05) is 11.6 Å². The van der Waals surface area contributed by atoms with Crippen LogP contribution in [0, 0.1) is 0 Å². The fourth-order valence-corrected chi connectivity index (χ4v) is 2.43. The summed E-state index contributed by atoms with van der Waals surface area (Å²) in [5.74, 6) is 1.38. The maximum absolute atomic E-state index is 12.3. The van der Waals surface area contributed by atoms with Gasteiger partial charge < -0.3 is 18.9 Å². The van der Waals surface area contributed by atoms with Crippen molar-refractivity contribution < 1.29 is 23.7 Å². The first-order valence-corrected chi connectivity index (χ1v) is 7.88. The summed E-state index contributed by atoms with van der Waals surface area (Å²) in [6.45, 7) is 0. The minimum Gasteiger partial charge on any atom is -0.496 e. The topological polar surface area (TPSA) is 78.4 Å². The summed E-state index contributed by atoms with van der Waals surface area (Å²) in [6.07, 6.45) is 1.46. The van der Waals surface area contributed by atoms with Crippen LogP contribution >= 0.6 is 11.6 Å². The van der Waals surface area contributed by atoms with Crippen molar-refractivity contribution in [2.24, 2.45) is 5.10 Å². The Hall–Kier alpha value is -2.93. The van der Waals surface area contributed by atoms with Gasteiger partial charge in [0.05, 0.1) is 40.2 Å². The molecule has 2 aromatic carbocycles. The Kier molecular flexibility index (Phi) is 6.68. The predicted octanol–water partition coefficient (Wildman–Crippen LogP) is 3.14. The van der Waals surface area contributed by atoms with Gasteiger partial charge in [-0.25, -0.2) is 5.43 Å². The van der Waals surface area contributed by atoms with E-state index in [-0.39, 0.29) is 5.56 Å².